The van der Waals surface area contributed by atoms with Crippen molar-refractivity contribution in [2.75, 3.05) is 6.61 Å². The van der Waals surface area contributed by atoms with Crippen molar-refractivity contribution in [1.29, 1.82) is 0 Å². The van der Waals surface area contributed by atoms with E-state index in [0.717, 1.165) is 17.7 Å². The van der Waals surface area contributed by atoms with Gasteiger partial charge >= 0.3 is 0 Å². The summed E-state index contributed by atoms with van der Waals surface area (Å²) in [7, 11) is 0. The van der Waals surface area contributed by atoms with E-state index in [4.69, 9.17) is 4.74 Å². The lowest BCUT2D eigenvalue weighted by molar-refractivity contribution is -0.123. The van der Waals surface area contributed by atoms with Crippen LogP contribution in [-0.2, 0) is 4.79 Å². The van der Waals surface area contributed by atoms with Crippen molar-refractivity contribution in [3.05, 3.63) is 29.8 Å². The van der Waals surface area contributed by atoms with E-state index in [0.29, 0.717) is 6.61 Å². The van der Waals surface area contributed by atoms with Crippen LogP contribution < -0.4 is 10.1 Å². The molecule has 0 aliphatic carbocycles. The first-order valence-electron chi connectivity index (χ1n) is 5.70. The normalized spacial score (nSPS) is 18.8. The number of benzene rings is 1. The molecule has 86 valence electrons. The predicted octanol–water partition coefficient (Wildman–Crippen LogP) is 2.08. The molecular weight excluding hydrogens is 202 g/mol. The third kappa shape index (κ3) is 2.18. The van der Waals surface area contributed by atoms with E-state index in [2.05, 4.69) is 5.32 Å². The summed E-state index contributed by atoms with van der Waals surface area (Å²) < 4.78 is 5.53. The van der Waals surface area contributed by atoms with E-state index in [9.17, 15) is 4.79 Å². The number of para-hydroxylation sites is 1. The van der Waals surface area contributed by atoms with Crippen LogP contribution in [-0.4, -0.2) is 18.6 Å². The van der Waals surface area contributed by atoms with Gasteiger partial charge < -0.3 is 10.1 Å². The summed E-state index contributed by atoms with van der Waals surface area (Å²) in [6.45, 7) is 4.57. The molecule has 1 aromatic carbocycles. The van der Waals surface area contributed by atoms with Crippen LogP contribution >= 0.6 is 0 Å². The standard InChI is InChI=1S/C13H17NO2/c1-9(2)14-13(15)11-7-8-16-12-6-4-3-5-10(11)12/h3-6,9,11H,7-8H2,1-2H3,(H,14,15). The van der Waals surface area contributed by atoms with E-state index >= 15 is 0 Å². The van der Waals surface area contributed by atoms with E-state index in [1.807, 2.05) is 38.1 Å². The van der Waals surface area contributed by atoms with Crippen LogP contribution in [0.1, 0.15) is 31.7 Å². The minimum Gasteiger partial charge on any atom is -0.493 e. The first-order valence-corrected chi connectivity index (χ1v) is 5.70. The van der Waals surface area contributed by atoms with Crippen molar-refractivity contribution >= 4 is 5.91 Å². The summed E-state index contributed by atoms with van der Waals surface area (Å²) in [6.07, 6.45) is 0.759. The minimum absolute atomic E-state index is 0.0626. The fourth-order valence-electron chi connectivity index (χ4n) is 2.00. The van der Waals surface area contributed by atoms with Crippen molar-refractivity contribution in [2.45, 2.75) is 32.2 Å². The number of carbonyl (C=O) groups excluding carboxylic acids is 1. The largest absolute Gasteiger partial charge is 0.493 e. The maximum atomic E-state index is 12.0. The molecule has 16 heavy (non-hydrogen) atoms. The molecule has 3 nitrogen and oxygen atoms in total. The second-order valence-electron chi connectivity index (χ2n) is 4.39. The lowest BCUT2D eigenvalue weighted by atomic mass is 9.92. The van der Waals surface area contributed by atoms with Crippen molar-refractivity contribution in [1.82, 2.24) is 5.32 Å². The molecule has 1 aliphatic rings. The molecule has 1 aromatic rings. The summed E-state index contributed by atoms with van der Waals surface area (Å²) in [4.78, 5) is 12.0. The van der Waals surface area contributed by atoms with Crippen molar-refractivity contribution in [2.24, 2.45) is 0 Å². The molecule has 3 heteroatoms. The Morgan fingerprint density at radius 3 is 2.94 bits per heavy atom. The summed E-state index contributed by atoms with van der Waals surface area (Å²) >= 11 is 0. The quantitative estimate of drug-likeness (QED) is 0.827. The molecule has 0 saturated heterocycles. The fraction of sp³-hybridized carbons (Fsp3) is 0.462. The Bertz CT molecular complexity index is 387. The Kier molecular flexibility index (Phi) is 3.13. The summed E-state index contributed by atoms with van der Waals surface area (Å²) in [5, 5.41) is 2.96. The van der Waals surface area contributed by atoms with Crippen LogP contribution in [0, 0.1) is 0 Å². The van der Waals surface area contributed by atoms with Gasteiger partial charge in [0.25, 0.3) is 0 Å². The summed E-state index contributed by atoms with van der Waals surface area (Å²) in [5.74, 6) is 0.885. The molecule has 1 aliphatic heterocycles. The molecule has 0 bridgehead atoms. The molecule has 1 amide bonds. The number of ether oxygens (including phenoxy) is 1. The highest BCUT2D eigenvalue weighted by Gasteiger charge is 2.27. The number of rotatable bonds is 2. The molecule has 0 saturated carbocycles. The molecule has 1 atom stereocenters. The number of amides is 1. The Morgan fingerprint density at radius 2 is 2.19 bits per heavy atom. The van der Waals surface area contributed by atoms with E-state index in [-0.39, 0.29) is 17.9 Å². The average molecular weight is 219 g/mol. The third-order valence-corrected chi connectivity index (χ3v) is 2.71. The van der Waals surface area contributed by atoms with Gasteiger partial charge in [-0.1, -0.05) is 18.2 Å². The molecular formula is C13H17NO2. The maximum Gasteiger partial charge on any atom is 0.228 e. The Morgan fingerprint density at radius 1 is 1.44 bits per heavy atom. The highest BCUT2D eigenvalue weighted by molar-refractivity contribution is 5.84. The van der Waals surface area contributed by atoms with Gasteiger partial charge in [0.15, 0.2) is 0 Å². The van der Waals surface area contributed by atoms with Crippen LogP contribution in [0.4, 0.5) is 0 Å². The third-order valence-electron chi connectivity index (χ3n) is 2.71. The highest BCUT2D eigenvalue weighted by atomic mass is 16.5. The SMILES string of the molecule is CC(C)NC(=O)C1CCOc2ccccc21. The lowest BCUT2D eigenvalue weighted by Crippen LogP contribution is -2.36. The number of carbonyl (C=O) groups is 1. The highest BCUT2D eigenvalue weighted by Crippen LogP contribution is 2.33. The Balaban J connectivity index is 2.21. The van der Waals surface area contributed by atoms with Gasteiger partial charge in [0.1, 0.15) is 5.75 Å². The van der Waals surface area contributed by atoms with Gasteiger partial charge in [0, 0.05) is 11.6 Å². The van der Waals surface area contributed by atoms with Gasteiger partial charge in [-0.25, -0.2) is 0 Å². The topological polar surface area (TPSA) is 38.3 Å². The first-order chi connectivity index (χ1) is 7.68. The molecule has 2 rings (SSSR count). The number of hydrogen-bond acceptors (Lipinski definition) is 2. The number of hydrogen-bond donors (Lipinski definition) is 1. The molecule has 0 aromatic heterocycles. The van der Waals surface area contributed by atoms with Crippen molar-refractivity contribution in [3.63, 3.8) is 0 Å². The van der Waals surface area contributed by atoms with Gasteiger partial charge in [-0.05, 0) is 26.3 Å². The van der Waals surface area contributed by atoms with Crippen LogP contribution in [0.5, 0.6) is 5.75 Å². The number of fused-ring (bicyclic) bond motifs is 1. The smallest absolute Gasteiger partial charge is 0.228 e. The molecule has 0 radical (unpaired) electrons. The van der Waals surface area contributed by atoms with E-state index < -0.39 is 0 Å². The predicted molar refractivity (Wildman–Crippen MR) is 62.6 cm³/mol. The molecule has 1 heterocycles. The summed E-state index contributed by atoms with van der Waals surface area (Å²) in [6, 6.07) is 7.95. The van der Waals surface area contributed by atoms with E-state index in [1.54, 1.807) is 0 Å². The minimum atomic E-state index is -0.0626. The fourth-order valence-corrected chi connectivity index (χ4v) is 2.00. The number of nitrogens with one attached hydrogen (secondary N) is 1. The summed E-state index contributed by atoms with van der Waals surface area (Å²) in [5.41, 5.74) is 1.01. The molecule has 1 unspecified atom stereocenters. The van der Waals surface area contributed by atoms with Crippen LogP contribution in [0.2, 0.25) is 0 Å². The second kappa shape index (κ2) is 4.56. The van der Waals surface area contributed by atoms with Crippen LogP contribution in [0.15, 0.2) is 24.3 Å². The van der Waals surface area contributed by atoms with E-state index in [1.165, 1.54) is 0 Å². The van der Waals surface area contributed by atoms with Gasteiger partial charge in [-0.2, -0.15) is 0 Å². The average Bonchev–Trinajstić information content (AvgIpc) is 2.27. The van der Waals surface area contributed by atoms with Crippen molar-refractivity contribution < 1.29 is 9.53 Å². The lowest BCUT2D eigenvalue weighted by Gasteiger charge is -2.25. The van der Waals surface area contributed by atoms with Gasteiger partial charge in [0.05, 0.1) is 12.5 Å². The maximum absolute atomic E-state index is 12.0. The molecule has 0 spiro atoms. The van der Waals surface area contributed by atoms with Gasteiger partial charge in [-0.15, -0.1) is 0 Å². The second-order valence-corrected chi connectivity index (χ2v) is 4.39. The zero-order valence-electron chi connectivity index (χ0n) is 9.69. The molecule has 1 N–H and O–H groups in total. The molecule has 0 fully saturated rings. The monoisotopic (exact) mass is 219 g/mol. The van der Waals surface area contributed by atoms with Gasteiger partial charge in [0.2, 0.25) is 5.91 Å². The zero-order chi connectivity index (χ0) is 11.5. The first kappa shape index (κ1) is 11.0. The van der Waals surface area contributed by atoms with Gasteiger partial charge in [-0.3, -0.25) is 4.79 Å². The van der Waals surface area contributed by atoms with Crippen molar-refractivity contribution in [3.8, 4) is 5.75 Å². The Hall–Kier alpha value is -1.51. The Labute approximate surface area is 95.8 Å². The van der Waals surface area contributed by atoms with Crippen LogP contribution in [0.3, 0.4) is 0 Å². The zero-order valence-corrected chi connectivity index (χ0v) is 9.69. The van der Waals surface area contributed by atoms with Crippen LogP contribution in [0.25, 0.3) is 0 Å².